The molecule has 3 heteroatoms. The maximum Gasteiger partial charge on any atom is 0.124 e. The molecule has 0 aliphatic carbocycles. The molecule has 0 saturated carbocycles. The summed E-state index contributed by atoms with van der Waals surface area (Å²) in [4.78, 5) is 4.18. The van der Waals surface area contributed by atoms with Crippen LogP contribution in [-0.2, 0) is 0 Å². The number of ether oxygens (including phenoxy) is 1. The molecule has 94 valence electrons. The molecule has 0 spiro atoms. The molecule has 1 aromatic heterocycles. The van der Waals surface area contributed by atoms with Crippen molar-refractivity contribution >= 4 is 0 Å². The van der Waals surface area contributed by atoms with Gasteiger partial charge in [0.2, 0.25) is 0 Å². The Balaban J connectivity index is 2.48. The van der Waals surface area contributed by atoms with Gasteiger partial charge in [0, 0.05) is 18.0 Å². The van der Waals surface area contributed by atoms with Gasteiger partial charge in [0.1, 0.15) is 5.75 Å². The summed E-state index contributed by atoms with van der Waals surface area (Å²) in [6.45, 7) is 2.08. The topological polar surface area (TPSA) is 34.2 Å². The quantitative estimate of drug-likeness (QED) is 0.895. The van der Waals surface area contributed by atoms with E-state index in [0.717, 1.165) is 16.9 Å². The monoisotopic (exact) mass is 242 g/mol. The molecule has 1 N–H and O–H groups in total. The lowest BCUT2D eigenvalue weighted by Gasteiger charge is -2.20. The second-order valence-corrected chi connectivity index (χ2v) is 4.25. The van der Waals surface area contributed by atoms with Gasteiger partial charge in [0.05, 0.1) is 13.2 Å². The summed E-state index contributed by atoms with van der Waals surface area (Å²) in [5.74, 6) is 0.892. The Bertz CT molecular complexity index is 511. The number of aromatic nitrogens is 1. The van der Waals surface area contributed by atoms with Gasteiger partial charge in [-0.1, -0.05) is 23.8 Å². The van der Waals surface area contributed by atoms with Gasteiger partial charge in [-0.15, -0.1) is 0 Å². The van der Waals surface area contributed by atoms with Gasteiger partial charge < -0.3 is 10.1 Å². The first kappa shape index (κ1) is 12.6. The summed E-state index contributed by atoms with van der Waals surface area (Å²) < 4.78 is 5.44. The second kappa shape index (κ2) is 5.65. The van der Waals surface area contributed by atoms with Crippen LogP contribution in [0.3, 0.4) is 0 Å². The average molecular weight is 242 g/mol. The Morgan fingerprint density at radius 2 is 2.11 bits per heavy atom. The van der Waals surface area contributed by atoms with Crippen molar-refractivity contribution in [2.75, 3.05) is 14.2 Å². The summed E-state index contributed by atoms with van der Waals surface area (Å²) in [7, 11) is 3.64. The molecular formula is C15H18N2O. The van der Waals surface area contributed by atoms with Gasteiger partial charge in [-0.3, -0.25) is 4.98 Å². The van der Waals surface area contributed by atoms with Crippen LogP contribution in [0.25, 0.3) is 0 Å². The summed E-state index contributed by atoms with van der Waals surface area (Å²) >= 11 is 0. The highest BCUT2D eigenvalue weighted by atomic mass is 16.5. The van der Waals surface area contributed by atoms with Crippen LogP contribution in [0, 0.1) is 6.92 Å². The summed E-state index contributed by atoms with van der Waals surface area (Å²) in [6.07, 6.45) is 3.66. The van der Waals surface area contributed by atoms with E-state index in [4.69, 9.17) is 4.74 Å². The van der Waals surface area contributed by atoms with Gasteiger partial charge in [-0.05, 0) is 31.7 Å². The first-order valence-corrected chi connectivity index (χ1v) is 5.98. The highest BCUT2D eigenvalue weighted by molar-refractivity contribution is 5.43. The van der Waals surface area contributed by atoms with Crippen LogP contribution < -0.4 is 10.1 Å². The summed E-state index contributed by atoms with van der Waals surface area (Å²) in [6, 6.07) is 10.3. The van der Waals surface area contributed by atoms with Crippen molar-refractivity contribution in [1.82, 2.24) is 10.3 Å². The van der Waals surface area contributed by atoms with Crippen LogP contribution in [0.15, 0.2) is 42.7 Å². The Labute approximate surface area is 108 Å². The Morgan fingerprint density at radius 1 is 1.28 bits per heavy atom. The molecule has 0 fully saturated rings. The van der Waals surface area contributed by atoms with E-state index < -0.39 is 0 Å². The van der Waals surface area contributed by atoms with E-state index in [1.54, 1.807) is 13.3 Å². The fraction of sp³-hybridized carbons (Fsp3) is 0.267. The van der Waals surface area contributed by atoms with Gasteiger partial charge in [0.15, 0.2) is 0 Å². The van der Waals surface area contributed by atoms with Gasteiger partial charge in [-0.2, -0.15) is 0 Å². The van der Waals surface area contributed by atoms with Crippen LogP contribution in [0.1, 0.15) is 22.7 Å². The fourth-order valence-electron chi connectivity index (χ4n) is 2.13. The zero-order valence-electron chi connectivity index (χ0n) is 11.0. The largest absolute Gasteiger partial charge is 0.496 e. The summed E-state index contributed by atoms with van der Waals surface area (Å²) in [5, 5.41) is 3.32. The van der Waals surface area contributed by atoms with Crippen molar-refractivity contribution in [3.8, 4) is 5.75 Å². The van der Waals surface area contributed by atoms with E-state index in [1.165, 1.54) is 5.56 Å². The lowest BCUT2D eigenvalue weighted by molar-refractivity contribution is 0.405. The van der Waals surface area contributed by atoms with E-state index in [1.807, 2.05) is 25.4 Å². The van der Waals surface area contributed by atoms with E-state index in [-0.39, 0.29) is 6.04 Å². The molecule has 1 atom stereocenters. The number of methoxy groups -OCH3 is 1. The molecule has 18 heavy (non-hydrogen) atoms. The van der Waals surface area contributed by atoms with Crippen LogP contribution in [0.5, 0.6) is 5.75 Å². The molecule has 2 rings (SSSR count). The maximum absolute atomic E-state index is 5.44. The number of nitrogens with zero attached hydrogens (tertiary/aromatic N) is 1. The van der Waals surface area contributed by atoms with Gasteiger partial charge in [0.25, 0.3) is 0 Å². The van der Waals surface area contributed by atoms with E-state index >= 15 is 0 Å². The number of aryl methyl sites for hydroxylation is 1. The molecule has 0 aliphatic rings. The van der Waals surface area contributed by atoms with E-state index in [2.05, 4.69) is 35.4 Å². The molecule has 2 aromatic rings. The third-order valence-electron chi connectivity index (χ3n) is 3.00. The molecule has 0 aliphatic heterocycles. The fourth-order valence-corrected chi connectivity index (χ4v) is 2.13. The van der Waals surface area contributed by atoms with Crippen LogP contribution in [0.2, 0.25) is 0 Å². The molecule has 0 amide bonds. The lowest BCUT2D eigenvalue weighted by atomic mass is 9.98. The third kappa shape index (κ3) is 2.51. The molecular weight excluding hydrogens is 224 g/mol. The first-order valence-electron chi connectivity index (χ1n) is 5.98. The number of pyridine rings is 1. The Kier molecular flexibility index (Phi) is 3.95. The number of hydrogen-bond donors (Lipinski definition) is 1. The van der Waals surface area contributed by atoms with E-state index in [9.17, 15) is 0 Å². The highest BCUT2D eigenvalue weighted by Gasteiger charge is 2.16. The minimum absolute atomic E-state index is 0.0912. The Morgan fingerprint density at radius 3 is 2.72 bits per heavy atom. The first-order chi connectivity index (χ1) is 8.76. The van der Waals surface area contributed by atoms with Crippen molar-refractivity contribution in [2.24, 2.45) is 0 Å². The summed E-state index contributed by atoms with van der Waals surface area (Å²) in [5.41, 5.74) is 3.48. The van der Waals surface area contributed by atoms with Crippen LogP contribution >= 0.6 is 0 Å². The van der Waals surface area contributed by atoms with Crippen LogP contribution in [-0.4, -0.2) is 19.1 Å². The van der Waals surface area contributed by atoms with Crippen LogP contribution in [0.4, 0.5) is 0 Å². The maximum atomic E-state index is 5.44. The number of hydrogen-bond acceptors (Lipinski definition) is 3. The zero-order chi connectivity index (χ0) is 13.0. The second-order valence-electron chi connectivity index (χ2n) is 4.25. The van der Waals surface area contributed by atoms with Crippen molar-refractivity contribution in [3.05, 3.63) is 59.4 Å². The van der Waals surface area contributed by atoms with Crippen molar-refractivity contribution in [3.63, 3.8) is 0 Å². The van der Waals surface area contributed by atoms with Crippen molar-refractivity contribution in [1.29, 1.82) is 0 Å². The molecule has 1 aromatic carbocycles. The van der Waals surface area contributed by atoms with Gasteiger partial charge in [-0.25, -0.2) is 0 Å². The predicted octanol–water partition coefficient (Wildman–Crippen LogP) is 2.71. The Hall–Kier alpha value is -1.87. The molecule has 1 unspecified atom stereocenters. The minimum Gasteiger partial charge on any atom is -0.496 e. The molecule has 0 radical (unpaired) electrons. The standard InChI is InChI=1S/C15H18N2O/c1-11-6-7-14(18-3)13(9-11)15(16-2)12-5-4-8-17-10-12/h4-10,15-16H,1-3H3. The average Bonchev–Trinajstić information content (AvgIpc) is 2.41. The lowest BCUT2D eigenvalue weighted by Crippen LogP contribution is -2.18. The zero-order valence-corrected chi connectivity index (χ0v) is 11.0. The molecule has 0 bridgehead atoms. The normalized spacial score (nSPS) is 12.2. The molecule has 3 nitrogen and oxygen atoms in total. The van der Waals surface area contributed by atoms with Crippen molar-refractivity contribution in [2.45, 2.75) is 13.0 Å². The van der Waals surface area contributed by atoms with Crippen molar-refractivity contribution < 1.29 is 4.74 Å². The van der Waals surface area contributed by atoms with Gasteiger partial charge >= 0.3 is 0 Å². The number of benzene rings is 1. The SMILES string of the molecule is CNC(c1cccnc1)c1cc(C)ccc1OC. The molecule has 0 saturated heterocycles. The smallest absolute Gasteiger partial charge is 0.124 e. The highest BCUT2D eigenvalue weighted by Crippen LogP contribution is 2.30. The minimum atomic E-state index is 0.0912. The van der Waals surface area contributed by atoms with E-state index in [0.29, 0.717) is 0 Å². The number of nitrogens with one attached hydrogen (secondary N) is 1. The number of rotatable bonds is 4. The molecule has 1 heterocycles. The third-order valence-corrected chi connectivity index (χ3v) is 3.00. The predicted molar refractivity (Wildman–Crippen MR) is 72.9 cm³/mol.